The average Bonchev–Trinajstić information content (AvgIpc) is 3.37. The van der Waals surface area contributed by atoms with Gasteiger partial charge in [0.1, 0.15) is 0 Å². The molecule has 2 aromatic rings. The van der Waals surface area contributed by atoms with Gasteiger partial charge in [0, 0.05) is 17.0 Å². The zero-order valence-electron chi connectivity index (χ0n) is 14.8. The highest BCUT2D eigenvalue weighted by molar-refractivity contribution is 7.89. The zero-order chi connectivity index (χ0) is 19.4. The van der Waals surface area contributed by atoms with Gasteiger partial charge >= 0.3 is 0 Å². The Morgan fingerprint density at radius 1 is 1.22 bits per heavy atom. The molecule has 144 valence electrons. The lowest BCUT2D eigenvalue weighted by Crippen LogP contribution is -2.39. The van der Waals surface area contributed by atoms with Gasteiger partial charge < -0.3 is 10.2 Å². The minimum atomic E-state index is -3.55. The SMILES string of the molecule is CNS(=O)(=O)c1ccc(C(=O)NCC(=O)N2CCC[C@H]2c2cccs2)cc1. The Balaban J connectivity index is 1.59. The van der Waals surface area contributed by atoms with E-state index in [2.05, 4.69) is 10.0 Å². The van der Waals surface area contributed by atoms with Gasteiger partial charge in [-0.1, -0.05) is 6.07 Å². The zero-order valence-corrected chi connectivity index (χ0v) is 16.5. The molecule has 1 aromatic carbocycles. The fourth-order valence-electron chi connectivity index (χ4n) is 3.10. The maximum absolute atomic E-state index is 12.5. The molecule has 7 nitrogen and oxygen atoms in total. The largest absolute Gasteiger partial charge is 0.343 e. The Kier molecular flexibility index (Phi) is 5.93. The van der Waals surface area contributed by atoms with E-state index < -0.39 is 15.9 Å². The number of thiophene rings is 1. The second-order valence-electron chi connectivity index (χ2n) is 6.18. The van der Waals surface area contributed by atoms with Gasteiger partial charge in [-0.05, 0) is 55.6 Å². The Morgan fingerprint density at radius 3 is 2.59 bits per heavy atom. The summed E-state index contributed by atoms with van der Waals surface area (Å²) in [6.45, 7) is 0.602. The predicted molar refractivity (Wildman–Crippen MR) is 103 cm³/mol. The third kappa shape index (κ3) is 4.37. The number of sulfonamides is 1. The maximum atomic E-state index is 12.5. The van der Waals surface area contributed by atoms with Gasteiger partial charge in [-0.2, -0.15) is 0 Å². The van der Waals surface area contributed by atoms with Gasteiger partial charge in [-0.25, -0.2) is 13.1 Å². The molecule has 2 N–H and O–H groups in total. The summed E-state index contributed by atoms with van der Waals surface area (Å²) in [5.41, 5.74) is 0.300. The average molecular weight is 408 g/mol. The van der Waals surface area contributed by atoms with Crippen LogP contribution in [0.15, 0.2) is 46.7 Å². The first-order chi connectivity index (χ1) is 12.9. The highest BCUT2D eigenvalue weighted by Gasteiger charge is 2.30. The summed E-state index contributed by atoms with van der Waals surface area (Å²) in [6.07, 6.45) is 1.88. The quantitative estimate of drug-likeness (QED) is 0.763. The van der Waals surface area contributed by atoms with Gasteiger partial charge in [-0.3, -0.25) is 9.59 Å². The molecule has 1 saturated heterocycles. The first kappa shape index (κ1) is 19.5. The van der Waals surface area contributed by atoms with Gasteiger partial charge in [0.05, 0.1) is 17.5 Å². The molecular weight excluding hydrogens is 386 g/mol. The van der Waals surface area contributed by atoms with E-state index in [0.717, 1.165) is 17.7 Å². The Morgan fingerprint density at radius 2 is 1.96 bits per heavy atom. The molecule has 1 aromatic heterocycles. The monoisotopic (exact) mass is 407 g/mol. The summed E-state index contributed by atoms with van der Waals surface area (Å²) < 4.78 is 25.6. The number of hydrogen-bond acceptors (Lipinski definition) is 5. The Bertz CT molecular complexity index is 909. The van der Waals surface area contributed by atoms with Crippen LogP contribution in [0.3, 0.4) is 0 Å². The number of amides is 2. The van der Waals surface area contributed by atoms with Crippen molar-refractivity contribution in [1.29, 1.82) is 0 Å². The van der Waals surface area contributed by atoms with Crippen molar-refractivity contribution in [2.45, 2.75) is 23.8 Å². The van der Waals surface area contributed by atoms with Crippen LogP contribution >= 0.6 is 11.3 Å². The second kappa shape index (κ2) is 8.20. The molecule has 0 spiro atoms. The summed E-state index contributed by atoms with van der Waals surface area (Å²) in [5, 5.41) is 4.62. The van der Waals surface area contributed by atoms with Crippen LogP contribution in [0, 0.1) is 0 Å². The van der Waals surface area contributed by atoms with Crippen molar-refractivity contribution in [1.82, 2.24) is 14.9 Å². The van der Waals surface area contributed by atoms with Gasteiger partial charge in [0.15, 0.2) is 0 Å². The van der Waals surface area contributed by atoms with Crippen LogP contribution in [-0.2, 0) is 14.8 Å². The fourth-order valence-corrected chi connectivity index (χ4v) is 4.71. The molecular formula is C18H21N3O4S2. The Labute approximate surface area is 162 Å². The molecule has 2 heterocycles. The lowest BCUT2D eigenvalue weighted by molar-refractivity contribution is -0.131. The molecule has 0 unspecified atom stereocenters. The van der Waals surface area contributed by atoms with Crippen molar-refractivity contribution in [3.05, 3.63) is 52.2 Å². The molecule has 1 aliphatic rings. The van der Waals surface area contributed by atoms with Crippen LogP contribution in [0.4, 0.5) is 0 Å². The van der Waals surface area contributed by atoms with Crippen molar-refractivity contribution >= 4 is 33.2 Å². The lowest BCUT2D eigenvalue weighted by Gasteiger charge is -2.24. The highest BCUT2D eigenvalue weighted by Crippen LogP contribution is 2.34. The molecule has 3 rings (SSSR count). The smallest absolute Gasteiger partial charge is 0.251 e. The first-order valence-corrected chi connectivity index (χ1v) is 10.9. The van der Waals surface area contributed by atoms with E-state index in [1.165, 1.54) is 31.3 Å². The predicted octanol–water partition coefficient (Wildman–Crippen LogP) is 1.75. The highest BCUT2D eigenvalue weighted by atomic mass is 32.2. The van der Waals surface area contributed by atoms with Gasteiger partial charge in [-0.15, -0.1) is 11.3 Å². The van der Waals surface area contributed by atoms with Crippen LogP contribution in [0.1, 0.15) is 34.1 Å². The summed E-state index contributed by atoms with van der Waals surface area (Å²) >= 11 is 1.63. The third-order valence-corrected chi connectivity index (χ3v) is 6.94. The molecule has 0 saturated carbocycles. The molecule has 0 bridgehead atoms. The number of nitrogens with zero attached hydrogens (tertiary/aromatic N) is 1. The van der Waals surface area contributed by atoms with E-state index in [0.29, 0.717) is 12.1 Å². The Hall–Kier alpha value is -2.23. The van der Waals surface area contributed by atoms with E-state index in [1.807, 2.05) is 22.4 Å². The van der Waals surface area contributed by atoms with Crippen LogP contribution in [0.25, 0.3) is 0 Å². The molecule has 0 radical (unpaired) electrons. The minimum absolute atomic E-state index is 0.0773. The van der Waals surface area contributed by atoms with Gasteiger partial charge in [0.25, 0.3) is 5.91 Å². The topological polar surface area (TPSA) is 95.6 Å². The molecule has 1 aliphatic heterocycles. The maximum Gasteiger partial charge on any atom is 0.251 e. The number of carbonyl (C=O) groups is 2. The second-order valence-corrected chi connectivity index (χ2v) is 9.04. The van der Waals surface area contributed by atoms with E-state index >= 15 is 0 Å². The van der Waals surface area contributed by atoms with Gasteiger partial charge in [0.2, 0.25) is 15.9 Å². The van der Waals surface area contributed by atoms with Crippen LogP contribution in [-0.4, -0.2) is 45.3 Å². The fraction of sp³-hybridized carbons (Fsp3) is 0.333. The van der Waals surface area contributed by atoms with Crippen molar-refractivity contribution in [2.75, 3.05) is 20.1 Å². The van der Waals surface area contributed by atoms with E-state index in [4.69, 9.17) is 0 Å². The summed E-state index contributed by atoms with van der Waals surface area (Å²) in [5.74, 6) is -0.530. The number of benzene rings is 1. The number of hydrogen-bond donors (Lipinski definition) is 2. The van der Waals surface area contributed by atoms with E-state index in [1.54, 1.807) is 11.3 Å². The summed E-state index contributed by atoms with van der Waals surface area (Å²) in [6, 6.07) is 9.65. The van der Waals surface area contributed by atoms with Crippen LogP contribution in [0.5, 0.6) is 0 Å². The lowest BCUT2D eigenvalue weighted by atomic mass is 10.2. The molecule has 27 heavy (non-hydrogen) atoms. The molecule has 1 atom stereocenters. The van der Waals surface area contributed by atoms with Crippen LogP contribution < -0.4 is 10.0 Å². The van der Waals surface area contributed by atoms with Crippen molar-refractivity contribution in [3.63, 3.8) is 0 Å². The standard InChI is InChI=1S/C18H21N3O4S2/c1-19-27(24,25)14-8-6-13(7-9-14)18(23)20-12-17(22)21-10-2-4-15(21)16-5-3-11-26-16/h3,5-9,11,15,19H,2,4,10,12H2,1H3,(H,20,23)/t15-/m0/s1. The third-order valence-electron chi connectivity index (χ3n) is 4.54. The molecule has 1 fully saturated rings. The minimum Gasteiger partial charge on any atom is -0.343 e. The first-order valence-electron chi connectivity index (χ1n) is 8.57. The number of likely N-dealkylation sites (tertiary alicyclic amines) is 1. The summed E-state index contributed by atoms with van der Waals surface area (Å²) in [7, 11) is -2.22. The summed E-state index contributed by atoms with van der Waals surface area (Å²) in [4.78, 5) is 27.9. The molecule has 9 heteroatoms. The van der Waals surface area contributed by atoms with E-state index in [9.17, 15) is 18.0 Å². The van der Waals surface area contributed by atoms with Crippen LogP contribution in [0.2, 0.25) is 0 Å². The molecule has 2 amide bonds. The molecule has 0 aliphatic carbocycles. The normalized spacial score (nSPS) is 17.1. The number of rotatable bonds is 6. The van der Waals surface area contributed by atoms with E-state index in [-0.39, 0.29) is 23.4 Å². The number of nitrogens with one attached hydrogen (secondary N) is 2. The van der Waals surface area contributed by atoms with Crippen molar-refractivity contribution in [2.24, 2.45) is 0 Å². The van der Waals surface area contributed by atoms with Crippen molar-refractivity contribution < 1.29 is 18.0 Å². The number of carbonyl (C=O) groups excluding carboxylic acids is 2. The van der Waals surface area contributed by atoms with Crippen molar-refractivity contribution in [3.8, 4) is 0 Å².